The zero-order valence-electron chi connectivity index (χ0n) is 13.4. The summed E-state index contributed by atoms with van der Waals surface area (Å²) in [6.45, 7) is 3.94. The third-order valence-electron chi connectivity index (χ3n) is 3.26. The van der Waals surface area contributed by atoms with Crippen LogP contribution in [0, 0.1) is 5.92 Å². The zero-order chi connectivity index (χ0) is 17.7. The number of anilines is 3. The molecule has 2 aromatic rings. The average molecular weight is 336 g/mol. The number of amides is 1. The molecular formula is C18H19F3N2O. The number of hydrogen-bond donors (Lipinski definition) is 2. The second kappa shape index (κ2) is 7.38. The Hall–Kier alpha value is -2.50. The number of hydrogen-bond acceptors (Lipinski definition) is 2. The molecular weight excluding hydrogens is 317 g/mol. The smallest absolute Gasteiger partial charge is 0.356 e. The number of nitrogens with one attached hydrogen (secondary N) is 2. The summed E-state index contributed by atoms with van der Waals surface area (Å²) in [5.41, 5.74) is 1.27. The minimum atomic E-state index is -4.34. The van der Waals surface area contributed by atoms with Crippen molar-refractivity contribution >= 4 is 23.0 Å². The summed E-state index contributed by atoms with van der Waals surface area (Å²) in [5, 5.41) is 5.81. The van der Waals surface area contributed by atoms with Gasteiger partial charge in [-0.25, -0.2) is 0 Å². The van der Waals surface area contributed by atoms with E-state index >= 15 is 0 Å². The number of carbonyl (C=O) groups is 1. The minimum Gasteiger partial charge on any atom is -0.356 e. The van der Waals surface area contributed by atoms with Gasteiger partial charge in [-0.1, -0.05) is 13.8 Å². The van der Waals surface area contributed by atoms with Gasteiger partial charge in [0.15, 0.2) is 0 Å². The molecule has 128 valence electrons. The van der Waals surface area contributed by atoms with E-state index in [-0.39, 0.29) is 11.8 Å². The quantitative estimate of drug-likeness (QED) is 0.764. The van der Waals surface area contributed by atoms with Gasteiger partial charge in [0, 0.05) is 23.5 Å². The van der Waals surface area contributed by atoms with Gasteiger partial charge in [0.1, 0.15) is 0 Å². The molecule has 2 rings (SSSR count). The molecule has 6 heteroatoms. The first kappa shape index (κ1) is 17.8. The van der Waals surface area contributed by atoms with Crippen LogP contribution in [0.5, 0.6) is 0 Å². The fourth-order valence-electron chi connectivity index (χ4n) is 2.13. The van der Waals surface area contributed by atoms with Gasteiger partial charge in [0.25, 0.3) is 0 Å². The lowest BCUT2D eigenvalue weighted by atomic mass is 10.1. The first-order chi connectivity index (χ1) is 11.2. The Morgan fingerprint density at radius 1 is 0.917 bits per heavy atom. The fraction of sp³-hybridized carbons (Fsp3) is 0.278. The van der Waals surface area contributed by atoms with Crippen LogP contribution >= 0.6 is 0 Å². The Labute approximate surface area is 138 Å². The third kappa shape index (κ3) is 5.30. The first-order valence-corrected chi connectivity index (χ1v) is 7.58. The van der Waals surface area contributed by atoms with E-state index in [1.165, 1.54) is 12.1 Å². The maximum absolute atomic E-state index is 12.5. The maximum Gasteiger partial charge on any atom is 0.416 e. The van der Waals surface area contributed by atoms with Crippen LogP contribution in [0.1, 0.15) is 25.8 Å². The molecule has 0 saturated carbocycles. The van der Waals surface area contributed by atoms with Crippen molar-refractivity contribution in [3.63, 3.8) is 0 Å². The van der Waals surface area contributed by atoms with Gasteiger partial charge < -0.3 is 10.6 Å². The maximum atomic E-state index is 12.5. The molecule has 0 unspecified atom stereocenters. The van der Waals surface area contributed by atoms with Crippen molar-refractivity contribution in [2.24, 2.45) is 5.92 Å². The summed E-state index contributed by atoms with van der Waals surface area (Å²) in [5.74, 6) is 0.235. The molecule has 0 fully saturated rings. The highest BCUT2D eigenvalue weighted by molar-refractivity contribution is 5.91. The van der Waals surface area contributed by atoms with Crippen LogP contribution in [-0.4, -0.2) is 5.91 Å². The highest BCUT2D eigenvalue weighted by atomic mass is 19.4. The Kier molecular flexibility index (Phi) is 5.49. The van der Waals surface area contributed by atoms with Gasteiger partial charge in [-0.05, 0) is 54.4 Å². The van der Waals surface area contributed by atoms with Crippen LogP contribution in [0.2, 0.25) is 0 Å². The van der Waals surface area contributed by atoms with Crippen molar-refractivity contribution in [1.29, 1.82) is 0 Å². The second-order valence-corrected chi connectivity index (χ2v) is 5.92. The van der Waals surface area contributed by atoms with E-state index in [0.29, 0.717) is 17.8 Å². The summed E-state index contributed by atoms with van der Waals surface area (Å²) >= 11 is 0. The van der Waals surface area contributed by atoms with Gasteiger partial charge in [0.2, 0.25) is 5.91 Å². The molecule has 0 bridgehead atoms. The topological polar surface area (TPSA) is 41.1 Å². The first-order valence-electron chi connectivity index (χ1n) is 7.58. The van der Waals surface area contributed by atoms with Crippen molar-refractivity contribution in [3.05, 3.63) is 54.1 Å². The lowest BCUT2D eigenvalue weighted by Crippen LogP contribution is -2.13. The molecule has 1 amide bonds. The van der Waals surface area contributed by atoms with Gasteiger partial charge in [-0.2, -0.15) is 13.2 Å². The van der Waals surface area contributed by atoms with Crippen molar-refractivity contribution < 1.29 is 18.0 Å². The molecule has 0 atom stereocenters. The molecule has 0 aliphatic rings. The lowest BCUT2D eigenvalue weighted by molar-refractivity contribution is -0.137. The molecule has 0 spiro atoms. The molecule has 0 aromatic heterocycles. The Morgan fingerprint density at radius 2 is 1.38 bits per heavy atom. The average Bonchev–Trinajstić information content (AvgIpc) is 2.48. The summed E-state index contributed by atoms with van der Waals surface area (Å²) in [6.07, 6.45) is -3.89. The van der Waals surface area contributed by atoms with Crippen LogP contribution in [0.3, 0.4) is 0 Å². The molecule has 24 heavy (non-hydrogen) atoms. The standard InChI is InChI=1S/C18H19F3N2O/c1-12(2)11-17(24)23-16-9-7-15(8-10-16)22-14-5-3-13(4-6-14)18(19,20)21/h3-10,12,22H,11H2,1-2H3,(H,23,24). The normalized spacial score (nSPS) is 11.4. The lowest BCUT2D eigenvalue weighted by Gasteiger charge is -2.11. The molecule has 0 radical (unpaired) electrons. The van der Waals surface area contributed by atoms with E-state index in [0.717, 1.165) is 17.8 Å². The van der Waals surface area contributed by atoms with Crippen LogP contribution in [-0.2, 0) is 11.0 Å². The summed E-state index contributed by atoms with van der Waals surface area (Å²) in [7, 11) is 0. The summed E-state index contributed by atoms with van der Waals surface area (Å²) < 4.78 is 37.6. The highest BCUT2D eigenvalue weighted by Gasteiger charge is 2.29. The largest absolute Gasteiger partial charge is 0.416 e. The predicted octanol–water partition coefficient (Wildman–Crippen LogP) is 5.43. The van der Waals surface area contributed by atoms with E-state index in [1.807, 2.05) is 13.8 Å². The zero-order valence-corrected chi connectivity index (χ0v) is 13.4. The molecule has 0 aliphatic heterocycles. The molecule has 0 saturated heterocycles. The molecule has 0 heterocycles. The van der Waals surface area contributed by atoms with Gasteiger partial charge in [0.05, 0.1) is 5.56 Å². The highest BCUT2D eigenvalue weighted by Crippen LogP contribution is 2.30. The second-order valence-electron chi connectivity index (χ2n) is 5.92. The predicted molar refractivity (Wildman–Crippen MR) is 89.3 cm³/mol. The van der Waals surface area contributed by atoms with E-state index in [2.05, 4.69) is 10.6 Å². The van der Waals surface area contributed by atoms with Crippen molar-refractivity contribution in [3.8, 4) is 0 Å². The summed E-state index contributed by atoms with van der Waals surface area (Å²) in [4.78, 5) is 11.7. The van der Waals surface area contributed by atoms with Gasteiger partial charge in [-0.15, -0.1) is 0 Å². The van der Waals surface area contributed by atoms with Crippen LogP contribution in [0.15, 0.2) is 48.5 Å². The molecule has 2 N–H and O–H groups in total. The number of alkyl halides is 3. The minimum absolute atomic E-state index is 0.0477. The van der Waals surface area contributed by atoms with Gasteiger partial charge >= 0.3 is 6.18 Å². The number of benzene rings is 2. The third-order valence-corrected chi connectivity index (χ3v) is 3.26. The Balaban J connectivity index is 1.97. The number of carbonyl (C=O) groups excluding carboxylic acids is 1. The van der Waals surface area contributed by atoms with E-state index in [4.69, 9.17) is 0 Å². The Bertz CT molecular complexity index is 677. The van der Waals surface area contributed by atoms with E-state index < -0.39 is 11.7 Å². The van der Waals surface area contributed by atoms with Crippen LogP contribution in [0.4, 0.5) is 30.2 Å². The monoisotopic (exact) mass is 336 g/mol. The molecule has 2 aromatic carbocycles. The van der Waals surface area contributed by atoms with E-state index in [1.54, 1.807) is 24.3 Å². The number of halogens is 3. The van der Waals surface area contributed by atoms with Crippen molar-refractivity contribution in [2.75, 3.05) is 10.6 Å². The van der Waals surface area contributed by atoms with E-state index in [9.17, 15) is 18.0 Å². The molecule has 3 nitrogen and oxygen atoms in total. The van der Waals surface area contributed by atoms with Crippen LogP contribution in [0.25, 0.3) is 0 Å². The SMILES string of the molecule is CC(C)CC(=O)Nc1ccc(Nc2ccc(C(F)(F)F)cc2)cc1. The van der Waals surface area contributed by atoms with Crippen molar-refractivity contribution in [2.45, 2.75) is 26.4 Å². The fourth-order valence-corrected chi connectivity index (χ4v) is 2.13. The van der Waals surface area contributed by atoms with Crippen LogP contribution < -0.4 is 10.6 Å². The summed E-state index contributed by atoms with van der Waals surface area (Å²) in [6, 6.07) is 11.8. The van der Waals surface area contributed by atoms with Crippen molar-refractivity contribution in [1.82, 2.24) is 0 Å². The Morgan fingerprint density at radius 3 is 1.83 bits per heavy atom. The van der Waals surface area contributed by atoms with Gasteiger partial charge in [-0.3, -0.25) is 4.79 Å². The number of rotatable bonds is 5. The molecule has 0 aliphatic carbocycles.